The van der Waals surface area contributed by atoms with Crippen molar-refractivity contribution in [2.75, 3.05) is 46.4 Å². The highest BCUT2D eigenvalue weighted by molar-refractivity contribution is 6.33. The fraction of sp³-hybridized carbons (Fsp3) is 0.333. The van der Waals surface area contributed by atoms with E-state index < -0.39 is 0 Å². The predicted octanol–water partition coefficient (Wildman–Crippen LogP) is 5.01. The summed E-state index contributed by atoms with van der Waals surface area (Å²) < 4.78 is 16.8. The van der Waals surface area contributed by atoms with Crippen LogP contribution in [0.3, 0.4) is 0 Å². The summed E-state index contributed by atoms with van der Waals surface area (Å²) in [6, 6.07) is 15.3. The molecule has 184 valence electrons. The predicted molar refractivity (Wildman–Crippen MR) is 136 cm³/mol. The zero-order valence-corrected chi connectivity index (χ0v) is 20.8. The monoisotopic (exact) mass is 495 g/mol. The van der Waals surface area contributed by atoms with Gasteiger partial charge in [0.15, 0.2) is 0 Å². The second-order valence-electron chi connectivity index (χ2n) is 8.42. The fourth-order valence-electron chi connectivity index (χ4n) is 4.27. The zero-order chi connectivity index (χ0) is 24.8. The van der Waals surface area contributed by atoms with Gasteiger partial charge >= 0.3 is 0 Å². The molecule has 0 spiro atoms. The summed E-state index contributed by atoms with van der Waals surface area (Å²) in [6.45, 7) is 9.35. The first-order valence-electron chi connectivity index (χ1n) is 11.6. The van der Waals surface area contributed by atoms with Crippen molar-refractivity contribution in [3.63, 3.8) is 0 Å². The summed E-state index contributed by atoms with van der Waals surface area (Å²) in [5.41, 5.74) is 2.69. The molecule has 2 heterocycles. The molecule has 1 saturated heterocycles. The fourth-order valence-corrected chi connectivity index (χ4v) is 4.49. The number of hydrogen-bond donors (Lipinski definition) is 0. The molecular formula is C27H30ClN3O4. The second-order valence-corrected chi connectivity index (χ2v) is 8.83. The summed E-state index contributed by atoms with van der Waals surface area (Å²) >= 11 is 6.36. The summed E-state index contributed by atoms with van der Waals surface area (Å²) in [4.78, 5) is 17.6. The molecule has 3 aromatic rings. The number of benzene rings is 2. The number of methoxy groups -OCH3 is 1. The number of aromatic nitrogens is 1. The molecule has 0 aliphatic carbocycles. The van der Waals surface area contributed by atoms with Crippen LogP contribution in [0.4, 0.5) is 0 Å². The first-order chi connectivity index (χ1) is 17.0. The number of hydrogen-bond acceptors (Lipinski definition) is 6. The van der Waals surface area contributed by atoms with E-state index in [0.29, 0.717) is 53.8 Å². The van der Waals surface area contributed by atoms with E-state index in [1.54, 1.807) is 26.2 Å². The van der Waals surface area contributed by atoms with E-state index in [-0.39, 0.29) is 12.0 Å². The summed E-state index contributed by atoms with van der Waals surface area (Å²) in [6.07, 6.45) is 1.62. The molecule has 1 fully saturated rings. The van der Waals surface area contributed by atoms with Crippen molar-refractivity contribution in [2.24, 2.45) is 0 Å². The van der Waals surface area contributed by atoms with E-state index in [9.17, 15) is 4.79 Å². The van der Waals surface area contributed by atoms with E-state index in [4.69, 9.17) is 25.6 Å². The molecule has 1 atom stereocenters. The van der Waals surface area contributed by atoms with Crippen molar-refractivity contribution in [3.8, 4) is 17.0 Å². The lowest BCUT2D eigenvalue weighted by atomic mass is 10.0. The third kappa shape index (κ3) is 5.75. The van der Waals surface area contributed by atoms with Gasteiger partial charge in [-0.2, -0.15) is 0 Å². The smallest absolute Gasteiger partial charge is 0.259 e. The molecule has 0 radical (unpaired) electrons. The van der Waals surface area contributed by atoms with Gasteiger partial charge in [0.05, 0.1) is 24.8 Å². The molecule has 2 aromatic carbocycles. The Morgan fingerprint density at radius 2 is 1.97 bits per heavy atom. The SMILES string of the molecule is C=CCO[C@H](CN1CCN(C(=O)c2c(-c3ccccc3Cl)noc2C)CC1)c1cccc(OC)c1. The van der Waals surface area contributed by atoms with Crippen LogP contribution in [0.2, 0.25) is 5.02 Å². The summed E-state index contributed by atoms with van der Waals surface area (Å²) in [5, 5.41) is 4.67. The molecule has 7 nitrogen and oxygen atoms in total. The number of amides is 1. The zero-order valence-electron chi connectivity index (χ0n) is 20.1. The Balaban J connectivity index is 1.44. The van der Waals surface area contributed by atoms with Crippen molar-refractivity contribution in [2.45, 2.75) is 13.0 Å². The van der Waals surface area contributed by atoms with E-state index >= 15 is 0 Å². The highest BCUT2D eigenvalue weighted by atomic mass is 35.5. The van der Waals surface area contributed by atoms with Crippen molar-refractivity contribution < 1.29 is 18.8 Å². The van der Waals surface area contributed by atoms with Crippen LogP contribution in [0.1, 0.15) is 27.8 Å². The maximum Gasteiger partial charge on any atom is 0.259 e. The minimum absolute atomic E-state index is 0.0921. The number of carbonyl (C=O) groups excluding carboxylic acids is 1. The van der Waals surface area contributed by atoms with Crippen LogP contribution >= 0.6 is 11.6 Å². The van der Waals surface area contributed by atoms with Gasteiger partial charge in [0.25, 0.3) is 5.91 Å². The maximum absolute atomic E-state index is 13.5. The normalized spacial score (nSPS) is 15.1. The number of aryl methyl sites for hydroxylation is 1. The molecule has 0 bridgehead atoms. The Kier molecular flexibility index (Phi) is 8.23. The van der Waals surface area contributed by atoms with Crippen molar-refractivity contribution in [1.82, 2.24) is 15.0 Å². The number of nitrogens with zero attached hydrogens (tertiary/aromatic N) is 3. The third-order valence-electron chi connectivity index (χ3n) is 6.17. The molecular weight excluding hydrogens is 466 g/mol. The van der Waals surface area contributed by atoms with Crippen LogP contribution in [-0.2, 0) is 4.74 Å². The van der Waals surface area contributed by atoms with Crippen LogP contribution in [0.5, 0.6) is 5.75 Å². The summed E-state index contributed by atoms with van der Waals surface area (Å²) in [5.74, 6) is 1.19. The van der Waals surface area contributed by atoms with Gasteiger partial charge in [-0.15, -0.1) is 6.58 Å². The first kappa shape index (κ1) is 25.0. The van der Waals surface area contributed by atoms with Crippen molar-refractivity contribution in [3.05, 3.63) is 83.1 Å². The highest BCUT2D eigenvalue weighted by Gasteiger charge is 2.30. The number of halogens is 1. The first-order valence-corrected chi connectivity index (χ1v) is 12.0. The van der Waals surface area contributed by atoms with E-state index in [0.717, 1.165) is 24.4 Å². The lowest BCUT2D eigenvalue weighted by molar-refractivity contribution is 0.0244. The van der Waals surface area contributed by atoms with Gasteiger partial charge < -0.3 is 18.9 Å². The molecule has 0 N–H and O–H groups in total. The van der Waals surface area contributed by atoms with Gasteiger partial charge in [-0.3, -0.25) is 9.69 Å². The minimum atomic E-state index is -0.127. The second kappa shape index (κ2) is 11.5. The van der Waals surface area contributed by atoms with Crippen LogP contribution in [0.15, 0.2) is 65.7 Å². The largest absolute Gasteiger partial charge is 0.497 e. The highest BCUT2D eigenvalue weighted by Crippen LogP contribution is 2.32. The maximum atomic E-state index is 13.5. The molecule has 4 rings (SSSR count). The quantitative estimate of drug-likeness (QED) is 0.388. The standard InChI is InChI=1S/C27H30ClN3O4/c1-4-16-34-24(20-8-7-9-21(17-20)33-3)18-30-12-14-31(15-13-30)27(32)25-19(2)35-29-26(25)22-10-5-6-11-23(22)28/h4-11,17,24H,1,12-16,18H2,2-3H3/t24-/m1/s1. The Morgan fingerprint density at radius 3 is 2.69 bits per heavy atom. The average Bonchev–Trinajstić information content (AvgIpc) is 3.27. The third-order valence-corrected chi connectivity index (χ3v) is 6.50. The van der Waals surface area contributed by atoms with Gasteiger partial charge in [-0.05, 0) is 30.7 Å². The summed E-state index contributed by atoms with van der Waals surface area (Å²) in [7, 11) is 1.66. The molecule has 35 heavy (non-hydrogen) atoms. The number of piperazine rings is 1. The van der Waals surface area contributed by atoms with Crippen molar-refractivity contribution in [1.29, 1.82) is 0 Å². The van der Waals surface area contributed by atoms with Gasteiger partial charge in [-0.25, -0.2) is 0 Å². The van der Waals surface area contributed by atoms with Gasteiger partial charge in [0.2, 0.25) is 0 Å². The van der Waals surface area contributed by atoms with Gasteiger partial charge in [0.1, 0.15) is 22.8 Å². The van der Waals surface area contributed by atoms with Crippen LogP contribution in [0, 0.1) is 6.92 Å². The number of rotatable bonds is 9. The van der Waals surface area contributed by atoms with E-state index in [2.05, 4.69) is 16.6 Å². The molecule has 1 aliphatic heterocycles. The Morgan fingerprint density at radius 1 is 1.20 bits per heavy atom. The molecule has 1 aliphatic rings. The van der Waals surface area contributed by atoms with E-state index in [1.165, 1.54) is 0 Å². The molecule has 1 amide bonds. The van der Waals surface area contributed by atoms with Crippen LogP contribution in [-0.4, -0.2) is 67.3 Å². The molecule has 0 unspecified atom stereocenters. The van der Waals surface area contributed by atoms with Gasteiger partial charge in [0, 0.05) is 38.3 Å². The number of carbonyl (C=O) groups is 1. The Labute approximate surface area is 210 Å². The Hall–Kier alpha value is -3.13. The molecule has 1 aromatic heterocycles. The van der Waals surface area contributed by atoms with E-state index in [1.807, 2.05) is 47.4 Å². The molecule has 8 heteroatoms. The Bertz CT molecular complexity index is 1170. The van der Waals surface area contributed by atoms with Crippen LogP contribution < -0.4 is 4.74 Å². The topological polar surface area (TPSA) is 68.0 Å². The van der Waals surface area contributed by atoms with Crippen molar-refractivity contribution >= 4 is 17.5 Å². The molecule has 0 saturated carbocycles. The number of ether oxygens (including phenoxy) is 2. The minimum Gasteiger partial charge on any atom is -0.497 e. The van der Waals surface area contributed by atoms with Gasteiger partial charge in [-0.1, -0.05) is 53.2 Å². The van der Waals surface area contributed by atoms with Crippen LogP contribution in [0.25, 0.3) is 11.3 Å². The average molecular weight is 496 g/mol. The lowest BCUT2D eigenvalue weighted by Crippen LogP contribution is -2.49. The lowest BCUT2D eigenvalue weighted by Gasteiger charge is -2.36.